The van der Waals surface area contributed by atoms with Gasteiger partial charge in [0.25, 0.3) is 0 Å². The molecule has 1 aliphatic carbocycles. The van der Waals surface area contributed by atoms with E-state index in [0.29, 0.717) is 0 Å². The molecule has 0 fully saturated rings. The Labute approximate surface area is 219 Å². The fourth-order valence-electron chi connectivity index (χ4n) is 6.19. The molecule has 0 heterocycles. The van der Waals surface area contributed by atoms with Gasteiger partial charge in [-0.05, 0) is 89.6 Å². The van der Waals surface area contributed by atoms with Gasteiger partial charge in [-0.15, -0.1) is 0 Å². The normalized spacial score (nSPS) is 16.3. The second-order valence-electron chi connectivity index (χ2n) is 11.8. The summed E-state index contributed by atoms with van der Waals surface area (Å²) in [7, 11) is -1.76. The van der Waals surface area contributed by atoms with Crippen molar-refractivity contribution >= 4 is 23.2 Å². The number of fused-ring (bicyclic) bond motifs is 1. The van der Waals surface area contributed by atoms with E-state index < -0.39 is 7.26 Å². The maximum Gasteiger partial charge on any atom is 0.112 e. The average molecular weight is 492 g/mol. The van der Waals surface area contributed by atoms with Crippen LogP contribution in [0.15, 0.2) is 109 Å². The van der Waals surface area contributed by atoms with E-state index in [-0.39, 0.29) is 10.8 Å². The summed E-state index contributed by atoms with van der Waals surface area (Å²) in [5.41, 5.74) is 5.16. The van der Waals surface area contributed by atoms with Gasteiger partial charge >= 0.3 is 0 Å². The predicted octanol–water partition coefficient (Wildman–Crippen LogP) is 7.96. The molecule has 0 radical (unpaired) electrons. The molecule has 0 aromatic heterocycles. The molecule has 1 heteroatoms. The number of benzene rings is 4. The molecule has 0 N–H and O–H groups in total. The van der Waals surface area contributed by atoms with Gasteiger partial charge in [-0.1, -0.05) is 100 Å². The largest absolute Gasteiger partial charge is 0.112 e. The van der Waals surface area contributed by atoms with Crippen LogP contribution in [-0.4, -0.2) is 6.16 Å². The van der Waals surface area contributed by atoms with Gasteiger partial charge < -0.3 is 0 Å². The van der Waals surface area contributed by atoms with E-state index in [9.17, 15) is 0 Å². The second-order valence-corrected chi connectivity index (χ2v) is 15.4. The Morgan fingerprint density at radius 3 is 1.47 bits per heavy atom. The molecule has 0 spiro atoms. The van der Waals surface area contributed by atoms with Crippen LogP contribution in [0.4, 0.5) is 0 Å². The Morgan fingerprint density at radius 1 is 0.556 bits per heavy atom. The van der Waals surface area contributed by atoms with Crippen LogP contribution in [0.2, 0.25) is 0 Å². The highest BCUT2D eigenvalue weighted by molar-refractivity contribution is 7.95. The van der Waals surface area contributed by atoms with E-state index >= 15 is 0 Å². The molecule has 0 amide bonds. The van der Waals surface area contributed by atoms with Crippen molar-refractivity contribution in [2.45, 2.75) is 64.2 Å². The SMILES string of the molecule is CC1(C)CCC(C)(C)c2cc(CCC[P+](c3ccccc3)(c3ccccc3)c3ccccc3)ccc21. The molecule has 0 nitrogen and oxygen atoms in total. The van der Waals surface area contributed by atoms with Crippen LogP contribution in [-0.2, 0) is 17.3 Å². The molecule has 36 heavy (non-hydrogen) atoms. The van der Waals surface area contributed by atoms with Gasteiger partial charge in [-0.3, -0.25) is 0 Å². The molecule has 0 aliphatic heterocycles. The van der Waals surface area contributed by atoms with Gasteiger partial charge in [0.2, 0.25) is 0 Å². The lowest BCUT2D eigenvalue weighted by molar-refractivity contribution is 0.331. The summed E-state index contributed by atoms with van der Waals surface area (Å²) in [5, 5.41) is 4.45. The van der Waals surface area contributed by atoms with Crippen molar-refractivity contribution in [2.24, 2.45) is 0 Å². The number of aryl methyl sites for hydroxylation is 1. The third kappa shape index (κ3) is 4.69. The monoisotopic (exact) mass is 491 g/mol. The first-order valence-corrected chi connectivity index (χ1v) is 15.5. The van der Waals surface area contributed by atoms with E-state index in [1.54, 1.807) is 11.1 Å². The van der Waals surface area contributed by atoms with Gasteiger partial charge in [-0.2, -0.15) is 0 Å². The van der Waals surface area contributed by atoms with Crippen molar-refractivity contribution in [3.63, 3.8) is 0 Å². The van der Waals surface area contributed by atoms with Crippen molar-refractivity contribution in [3.8, 4) is 0 Å². The minimum Gasteiger partial charge on any atom is -0.0620 e. The molecule has 4 aromatic carbocycles. The average Bonchev–Trinajstić information content (AvgIpc) is 2.91. The molecule has 0 atom stereocenters. The highest BCUT2D eigenvalue weighted by Gasteiger charge is 2.44. The minimum atomic E-state index is -1.76. The molecule has 0 saturated heterocycles. The highest BCUT2D eigenvalue weighted by atomic mass is 31.2. The van der Waals surface area contributed by atoms with Crippen molar-refractivity contribution in [2.75, 3.05) is 6.16 Å². The Kier molecular flexibility index (Phi) is 6.93. The first-order valence-electron chi connectivity index (χ1n) is 13.5. The van der Waals surface area contributed by atoms with Crippen molar-refractivity contribution < 1.29 is 0 Å². The zero-order chi connectivity index (χ0) is 25.2. The van der Waals surface area contributed by atoms with Gasteiger partial charge in [-0.25, -0.2) is 0 Å². The zero-order valence-corrected chi connectivity index (χ0v) is 23.3. The topological polar surface area (TPSA) is 0 Å². The maximum atomic E-state index is 2.55. The summed E-state index contributed by atoms with van der Waals surface area (Å²) in [6.45, 7) is 9.70. The number of rotatable bonds is 7. The standard InChI is InChI=1S/C35H40P/c1-34(2)24-25-35(3,4)33-27-28(22-23-32(33)34)15-14-26-36(29-16-8-5-9-17-29,30-18-10-6-11-19-30)31-20-12-7-13-21-31/h5-13,16-23,27H,14-15,24-26H2,1-4H3/q+1. The van der Waals surface area contributed by atoms with Crippen molar-refractivity contribution in [1.82, 2.24) is 0 Å². The van der Waals surface area contributed by atoms with Crippen LogP contribution < -0.4 is 15.9 Å². The van der Waals surface area contributed by atoms with Crippen LogP contribution in [0.1, 0.15) is 63.6 Å². The maximum absolute atomic E-state index is 2.55. The summed E-state index contributed by atoms with van der Waals surface area (Å²) >= 11 is 0. The van der Waals surface area contributed by atoms with E-state index in [0.717, 1.165) is 6.42 Å². The summed E-state index contributed by atoms with van der Waals surface area (Å²) in [6, 6.07) is 41.3. The van der Waals surface area contributed by atoms with Crippen molar-refractivity contribution in [1.29, 1.82) is 0 Å². The van der Waals surface area contributed by atoms with Crippen LogP contribution >= 0.6 is 7.26 Å². The predicted molar refractivity (Wildman–Crippen MR) is 160 cm³/mol. The smallest absolute Gasteiger partial charge is 0.0620 e. The summed E-state index contributed by atoms with van der Waals surface area (Å²) in [5.74, 6) is 0. The third-order valence-corrected chi connectivity index (χ3v) is 13.0. The molecule has 0 unspecified atom stereocenters. The Bertz CT molecular complexity index is 1190. The van der Waals surface area contributed by atoms with Gasteiger partial charge in [0.15, 0.2) is 0 Å². The van der Waals surface area contributed by atoms with Crippen LogP contribution in [0, 0.1) is 0 Å². The highest BCUT2D eigenvalue weighted by Crippen LogP contribution is 2.56. The lowest BCUT2D eigenvalue weighted by Crippen LogP contribution is -2.34. The molecule has 1 aliphatic rings. The minimum absolute atomic E-state index is 0.260. The first kappa shape index (κ1) is 25.0. The van der Waals surface area contributed by atoms with Crippen LogP contribution in [0.25, 0.3) is 0 Å². The van der Waals surface area contributed by atoms with Gasteiger partial charge in [0, 0.05) is 0 Å². The Hall–Kier alpha value is -2.69. The molecular formula is C35H40P+. The molecular weight excluding hydrogens is 451 g/mol. The first-order chi connectivity index (χ1) is 17.3. The van der Waals surface area contributed by atoms with Crippen LogP contribution in [0.3, 0.4) is 0 Å². The Balaban J connectivity index is 1.51. The summed E-state index contributed by atoms with van der Waals surface area (Å²) < 4.78 is 0. The molecule has 4 aromatic rings. The zero-order valence-electron chi connectivity index (χ0n) is 22.4. The fraction of sp³-hybridized carbons (Fsp3) is 0.314. The molecule has 0 saturated carbocycles. The number of hydrogen-bond acceptors (Lipinski definition) is 0. The van der Waals surface area contributed by atoms with Gasteiger partial charge in [0.05, 0.1) is 6.16 Å². The van der Waals surface area contributed by atoms with Crippen LogP contribution in [0.5, 0.6) is 0 Å². The fourth-order valence-corrected chi connectivity index (χ4v) is 10.5. The Morgan fingerprint density at radius 2 is 1.00 bits per heavy atom. The molecule has 0 bridgehead atoms. The lowest BCUT2D eigenvalue weighted by atomic mass is 9.63. The van der Waals surface area contributed by atoms with E-state index in [4.69, 9.17) is 0 Å². The summed E-state index contributed by atoms with van der Waals surface area (Å²) in [6.07, 6.45) is 6.01. The van der Waals surface area contributed by atoms with Crippen molar-refractivity contribution in [3.05, 3.63) is 126 Å². The lowest BCUT2D eigenvalue weighted by Gasteiger charge is -2.42. The quantitative estimate of drug-likeness (QED) is 0.230. The summed E-state index contributed by atoms with van der Waals surface area (Å²) in [4.78, 5) is 0. The molecule has 184 valence electrons. The van der Waals surface area contributed by atoms with Gasteiger partial charge in [0.1, 0.15) is 23.2 Å². The number of hydrogen-bond donors (Lipinski definition) is 0. The van der Waals surface area contributed by atoms with E-state index in [1.807, 2.05) is 0 Å². The van der Waals surface area contributed by atoms with E-state index in [2.05, 4.69) is 137 Å². The third-order valence-electron chi connectivity index (χ3n) is 8.47. The second kappa shape index (κ2) is 9.99. The van der Waals surface area contributed by atoms with E-state index in [1.165, 1.54) is 46.9 Å². The molecule has 5 rings (SSSR count).